The van der Waals surface area contributed by atoms with Crippen LogP contribution >= 0.6 is 23.2 Å². The van der Waals surface area contributed by atoms with Gasteiger partial charge in [-0.25, -0.2) is 8.42 Å². The van der Waals surface area contributed by atoms with E-state index in [9.17, 15) is 28.1 Å². The van der Waals surface area contributed by atoms with Crippen molar-refractivity contribution in [2.75, 3.05) is 10.8 Å². The molecule has 0 bridgehead atoms. The van der Waals surface area contributed by atoms with Gasteiger partial charge in [-0.3, -0.25) is 24.0 Å². The summed E-state index contributed by atoms with van der Waals surface area (Å²) in [4.78, 5) is 40.6. The van der Waals surface area contributed by atoms with E-state index < -0.39 is 44.9 Å². The van der Waals surface area contributed by atoms with E-state index in [1.54, 1.807) is 24.3 Å². The lowest BCUT2D eigenvalue weighted by Crippen LogP contribution is -2.56. The number of anilines is 1. The standard InChI is InChI=1S/C34H34Cl2N4O6S/c1-34(2,3)37-33(42)31(20-24-11-6-4-7-12-24)38(22-25-17-18-29(35)30(36)19-25)32(41)23-39(26-13-10-14-27(21-26)40(43)44)47(45,46)28-15-8-5-9-16-28/h4-19,21,31H,20,22-23H2,1-3H3,(H,37,42)/t31-/m1/s1. The van der Waals surface area contributed by atoms with Gasteiger partial charge in [0.1, 0.15) is 12.6 Å². The summed E-state index contributed by atoms with van der Waals surface area (Å²) in [5.74, 6) is -1.19. The number of sulfonamides is 1. The third kappa shape index (κ3) is 9.31. The Bertz CT molecular complexity index is 1850. The van der Waals surface area contributed by atoms with E-state index in [1.165, 1.54) is 47.4 Å². The maximum absolute atomic E-state index is 14.5. The first-order valence-corrected chi connectivity index (χ1v) is 16.8. The zero-order valence-electron chi connectivity index (χ0n) is 26.0. The Morgan fingerprint density at radius 1 is 0.851 bits per heavy atom. The molecule has 0 radical (unpaired) electrons. The van der Waals surface area contributed by atoms with Gasteiger partial charge in [-0.15, -0.1) is 0 Å². The zero-order chi connectivity index (χ0) is 34.4. The summed E-state index contributed by atoms with van der Waals surface area (Å²) in [6.45, 7) is 4.54. The maximum Gasteiger partial charge on any atom is 0.271 e. The fraction of sp³-hybridized carbons (Fsp3) is 0.235. The number of amides is 2. The third-order valence-corrected chi connectivity index (χ3v) is 9.57. The highest BCUT2D eigenvalue weighted by molar-refractivity contribution is 7.92. The molecule has 0 spiro atoms. The maximum atomic E-state index is 14.5. The molecule has 10 nitrogen and oxygen atoms in total. The van der Waals surface area contributed by atoms with Crippen molar-refractivity contribution in [3.63, 3.8) is 0 Å². The number of hydrogen-bond donors (Lipinski definition) is 1. The fourth-order valence-corrected chi connectivity index (χ4v) is 6.60. The van der Waals surface area contributed by atoms with Crippen molar-refractivity contribution in [2.45, 2.75) is 50.2 Å². The minimum atomic E-state index is -4.42. The number of halogens is 2. The topological polar surface area (TPSA) is 130 Å². The Hall–Kier alpha value is -4.45. The molecule has 246 valence electrons. The number of nitrogens with one attached hydrogen (secondary N) is 1. The second-order valence-electron chi connectivity index (χ2n) is 11.8. The number of non-ortho nitro benzene ring substituents is 1. The molecule has 4 rings (SSSR count). The third-order valence-electron chi connectivity index (χ3n) is 7.04. The molecular weight excluding hydrogens is 663 g/mol. The highest BCUT2D eigenvalue weighted by atomic mass is 35.5. The zero-order valence-corrected chi connectivity index (χ0v) is 28.3. The summed E-state index contributed by atoms with van der Waals surface area (Å²) in [6.07, 6.45) is 0.109. The molecule has 0 heterocycles. The first kappa shape index (κ1) is 35.4. The Kier molecular flexibility index (Phi) is 11.3. The van der Waals surface area contributed by atoms with Crippen molar-refractivity contribution in [2.24, 2.45) is 0 Å². The second kappa shape index (κ2) is 15.0. The van der Waals surface area contributed by atoms with Gasteiger partial charge in [0.2, 0.25) is 11.8 Å². The lowest BCUT2D eigenvalue weighted by molar-refractivity contribution is -0.384. The second-order valence-corrected chi connectivity index (χ2v) is 14.5. The van der Waals surface area contributed by atoms with Crippen LogP contribution in [0.5, 0.6) is 0 Å². The largest absolute Gasteiger partial charge is 0.350 e. The summed E-state index contributed by atoms with van der Waals surface area (Å²) in [7, 11) is -4.42. The Labute approximate surface area is 284 Å². The molecule has 0 saturated heterocycles. The summed E-state index contributed by atoms with van der Waals surface area (Å²) in [5, 5.41) is 15.1. The van der Waals surface area contributed by atoms with Crippen LogP contribution in [0.4, 0.5) is 11.4 Å². The quantitative estimate of drug-likeness (QED) is 0.130. The molecule has 1 atom stereocenters. The first-order chi connectivity index (χ1) is 22.2. The molecule has 0 unspecified atom stereocenters. The molecule has 0 saturated carbocycles. The van der Waals surface area contributed by atoms with Crippen LogP contribution in [-0.2, 0) is 32.6 Å². The van der Waals surface area contributed by atoms with E-state index in [0.717, 1.165) is 15.9 Å². The lowest BCUT2D eigenvalue weighted by atomic mass is 10.0. The molecule has 4 aromatic rings. The number of carbonyl (C=O) groups is 2. The minimum absolute atomic E-state index is 0.0929. The van der Waals surface area contributed by atoms with Crippen LogP contribution in [0.3, 0.4) is 0 Å². The van der Waals surface area contributed by atoms with Crippen LogP contribution in [0.15, 0.2) is 108 Å². The predicted molar refractivity (Wildman–Crippen MR) is 183 cm³/mol. The monoisotopic (exact) mass is 696 g/mol. The Morgan fingerprint density at radius 3 is 2.09 bits per heavy atom. The average Bonchev–Trinajstić information content (AvgIpc) is 3.03. The minimum Gasteiger partial charge on any atom is -0.350 e. The average molecular weight is 698 g/mol. The van der Waals surface area contributed by atoms with Gasteiger partial charge in [0.05, 0.1) is 25.6 Å². The summed E-state index contributed by atoms with van der Waals surface area (Å²) >= 11 is 12.5. The van der Waals surface area contributed by atoms with Crippen molar-refractivity contribution in [3.8, 4) is 0 Å². The lowest BCUT2D eigenvalue weighted by Gasteiger charge is -2.35. The molecule has 47 heavy (non-hydrogen) atoms. The highest BCUT2D eigenvalue weighted by Gasteiger charge is 2.36. The molecule has 0 fully saturated rings. The first-order valence-electron chi connectivity index (χ1n) is 14.6. The number of nitro groups is 1. The highest BCUT2D eigenvalue weighted by Crippen LogP contribution is 2.29. The van der Waals surface area contributed by atoms with E-state index in [2.05, 4.69) is 5.32 Å². The van der Waals surface area contributed by atoms with E-state index in [0.29, 0.717) is 10.6 Å². The molecule has 0 aliphatic carbocycles. The van der Waals surface area contributed by atoms with Crippen LogP contribution in [0.2, 0.25) is 10.0 Å². The van der Waals surface area contributed by atoms with Crippen molar-refractivity contribution in [1.29, 1.82) is 0 Å². The normalized spacial score (nSPS) is 12.2. The van der Waals surface area contributed by atoms with Crippen LogP contribution < -0.4 is 9.62 Å². The molecule has 0 aliphatic heterocycles. The van der Waals surface area contributed by atoms with Crippen molar-refractivity contribution in [3.05, 3.63) is 134 Å². The number of hydrogen-bond acceptors (Lipinski definition) is 6. The van der Waals surface area contributed by atoms with Gasteiger partial charge >= 0.3 is 0 Å². The van der Waals surface area contributed by atoms with Gasteiger partial charge in [-0.1, -0.05) is 83.9 Å². The summed E-state index contributed by atoms with van der Waals surface area (Å²) in [5.41, 5.74) is 0.200. The number of carbonyl (C=O) groups excluding carboxylic acids is 2. The molecule has 1 N–H and O–H groups in total. The van der Waals surface area contributed by atoms with Gasteiger partial charge in [-0.2, -0.15) is 0 Å². The van der Waals surface area contributed by atoms with E-state index in [4.69, 9.17) is 23.2 Å². The van der Waals surface area contributed by atoms with Crippen molar-refractivity contribution < 1.29 is 22.9 Å². The van der Waals surface area contributed by atoms with Gasteiger partial charge < -0.3 is 10.2 Å². The molecule has 0 aliphatic rings. The molecule has 4 aromatic carbocycles. The SMILES string of the molecule is CC(C)(C)NC(=O)[C@@H](Cc1ccccc1)N(Cc1ccc(Cl)c(Cl)c1)C(=O)CN(c1cccc([N+](=O)[O-])c1)S(=O)(=O)c1ccccc1. The van der Waals surface area contributed by atoms with Gasteiger partial charge in [0.25, 0.3) is 15.7 Å². The Morgan fingerprint density at radius 2 is 1.49 bits per heavy atom. The smallest absolute Gasteiger partial charge is 0.271 e. The van der Waals surface area contributed by atoms with Gasteiger partial charge in [-0.05, 0) is 62.2 Å². The predicted octanol–water partition coefficient (Wildman–Crippen LogP) is 6.65. The summed E-state index contributed by atoms with van der Waals surface area (Å²) < 4.78 is 29.0. The molecular formula is C34H34Cl2N4O6S. The van der Waals surface area contributed by atoms with Crippen LogP contribution in [0.1, 0.15) is 31.9 Å². The Balaban J connectivity index is 1.85. The van der Waals surface area contributed by atoms with Crippen LogP contribution in [0, 0.1) is 10.1 Å². The van der Waals surface area contributed by atoms with Crippen molar-refractivity contribution in [1.82, 2.24) is 10.2 Å². The van der Waals surface area contributed by atoms with E-state index >= 15 is 0 Å². The van der Waals surface area contributed by atoms with Gasteiger partial charge in [0, 0.05) is 30.6 Å². The van der Waals surface area contributed by atoms with Gasteiger partial charge in [0.15, 0.2) is 0 Å². The van der Waals surface area contributed by atoms with Crippen LogP contribution in [-0.4, -0.2) is 48.2 Å². The molecule has 0 aromatic heterocycles. The van der Waals surface area contributed by atoms with E-state index in [-0.39, 0.29) is 34.3 Å². The summed E-state index contributed by atoms with van der Waals surface area (Å²) in [6, 6.07) is 25.3. The van der Waals surface area contributed by atoms with E-state index in [1.807, 2.05) is 51.1 Å². The molecule has 2 amide bonds. The number of nitrogens with zero attached hydrogens (tertiary/aromatic N) is 3. The van der Waals surface area contributed by atoms with Crippen molar-refractivity contribution >= 4 is 56.4 Å². The number of benzene rings is 4. The molecule has 13 heteroatoms. The number of rotatable bonds is 12. The number of nitro benzene ring substituents is 1. The fourth-order valence-electron chi connectivity index (χ4n) is 4.85. The van der Waals surface area contributed by atoms with Crippen LogP contribution in [0.25, 0.3) is 0 Å².